The van der Waals surface area contributed by atoms with Crippen LogP contribution in [0, 0.1) is 12.8 Å². The highest BCUT2D eigenvalue weighted by molar-refractivity contribution is 14.0. The molecule has 7 heteroatoms. The summed E-state index contributed by atoms with van der Waals surface area (Å²) in [4.78, 5) is 21.5. The number of nitrogens with one attached hydrogen (secondary N) is 2. The number of aliphatic imine (C=N–C) groups is 1. The highest BCUT2D eigenvalue weighted by atomic mass is 127. The number of guanidine groups is 1. The second-order valence-corrected chi connectivity index (χ2v) is 8.26. The Labute approximate surface area is 198 Å². The molecule has 2 fully saturated rings. The predicted molar refractivity (Wildman–Crippen MR) is 136 cm³/mol. The van der Waals surface area contributed by atoms with E-state index in [4.69, 9.17) is 0 Å². The number of para-hydroxylation sites is 1. The summed E-state index contributed by atoms with van der Waals surface area (Å²) in [5.41, 5.74) is 2.59. The van der Waals surface area contributed by atoms with Crippen molar-refractivity contribution in [2.24, 2.45) is 10.9 Å². The van der Waals surface area contributed by atoms with E-state index >= 15 is 0 Å². The molecule has 168 valence electrons. The first kappa shape index (κ1) is 24.8. The maximum atomic E-state index is 12.6. The summed E-state index contributed by atoms with van der Waals surface area (Å²) in [6, 6.07) is 8.80. The Morgan fingerprint density at radius 2 is 1.97 bits per heavy atom. The SMILES string of the molecule is CCN(CCNC(=NC)NC1CCN(C(=O)C2CCCC2)C1)c1ccccc1C.I. The van der Waals surface area contributed by atoms with E-state index in [0.717, 1.165) is 57.9 Å². The molecule has 2 aliphatic rings. The third-order valence-corrected chi connectivity index (χ3v) is 6.28. The predicted octanol–water partition coefficient (Wildman–Crippen LogP) is 3.40. The lowest BCUT2D eigenvalue weighted by Crippen LogP contribution is -2.47. The lowest BCUT2D eigenvalue weighted by Gasteiger charge is -2.26. The lowest BCUT2D eigenvalue weighted by molar-refractivity contribution is -0.134. The van der Waals surface area contributed by atoms with Crippen LogP contribution in [0.5, 0.6) is 0 Å². The van der Waals surface area contributed by atoms with Crippen molar-refractivity contribution in [3.05, 3.63) is 29.8 Å². The summed E-state index contributed by atoms with van der Waals surface area (Å²) in [5, 5.41) is 6.95. The van der Waals surface area contributed by atoms with Gasteiger partial charge in [0.1, 0.15) is 0 Å². The number of anilines is 1. The molecule has 1 heterocycles. The summed E-state index contributed by atoms with van der Waals surface area (Å²) in [7, 11) is 1.81. The number of hydrogen-bond donors (Lipinski definition) is 2. The first-order chi connectivity index (χ1) is 14.1. The van der Waals surface area contributed by atoms with Gasteiger partial charge in [-0.3, -0.25) is 9.79 Å². The molecule has 3 rings (SSSR count). The molecule has 1 saturated heterocycles. The average molecular weight is 527 g/mol. The Bertz CT molecular complexity index is 705. The number of amides is 1. The second-order valence-electron chi connectivity index (χ2n) is 8.26. The molecule has 1 aromatic rings. The number of hydrogen-bond acceptors (Lipinski definition) is 3. The molecule has 30 heavy (non-hydrogen) atoms. The Morgan fingerprint density at radius 3 is 2.63 bits per heavy atom. The first-order valence-electron chi connectivity index (χ1n) is 11.2. The minimum Gasteiger partial charge on any atom is -0.370 e. The summed E-state index contributed by atoms with van der Waals surface area (Å²) in [6.07, 6.45) is 5.56. The number of aryl methyl sites for hydroxylation is 1. The molecule has 1 saturated carbocycles. The van der Waals surface area contributed by atoms with Gasteiger partial charge in [0.2, 0.25) is 5.91 Å². The van der Waals surface area contributed by atoms with Crippen molar-refractivity contribution in [1.29, 1.82) is 0 Å². The molecule has 2 N–H and O–H groups in total. The van der Waals surface area contributed by atoms with E-state index in [9.17, 15) is 4.79 Å². The standard InChI is InChI=1S/C23H37N5O.HI/c1-4-27(21-12-8-5-9-18(21)2)16-14-25-23(24-3)26-20-13-15-28(17-20)22(29)19-10-6-7-11-19;/h5,8-9,12,19-20H,4,6-7,10-11,13-17H2,1-3H3,(H2,24,25,26);1H. The van der Waals surface area contributed by atoms with E-state index in [0.29, 0.717) is 5.91 Å². The number of carbonyl (C=O) groups excluding carboxylic acids is 1. The van der Waals surface area contributed by atoms with Crippen LogP contribution in [0.25, 0.3) is 0 Å². The van der Waals surface area contributed by atoms with Crippen LogP contribution in [0.15, 0.2) is 29.3 Å². The highest BCUT2D eigenvalue weighted by Gasteiger charge is 2.32. The van der Waals surface area contributed by atoms with Crippen LogP contribution in [-0.4, -0.2) is 62.6 Å². The largest absolute Gasteiger partial charge is 0.370 e. The number of rotatable bonds is 7. The third-order valence-electron chi connectivity index (χ3n) is 6.28. The minimum absolute atomic E-state index is 0. The maximum absolute atomic E-state index is 12.6. The van der Waals surface area contributed by atoms with Crippen molar-refractivity contribution in [3.8, 4) is 0 Å². The summed E-state index contributed by atoms with van der Waals surface area (Å²) >= 11 is 0. The van der Waals surface area contributed by atoms with Gasteiger partial charge in [0, 0.05) is 57.4 Å². The fourth-order valence-electron chi connectivity index (χ4n) is 4.57. The summed E-state index contributed by atoms with van der Waals surface area (Å²) in [5.74, 6) is 1.46. The van der Waals surface area contributed by atoms with Gasteiger partial charge in [0.25, 0.3) is 0 Å². The van der Waals surface area contributed by atoms with Gasteiger partial charge in [0.05, 0.1) is 0 Å². The van der Waals surface area contributed by atoms with E-state index in [-0.39, 0.29) is 35.9 Å². The monoisotopic (exact) mass is 527 g/mol. The zero-order valence-corrected chi connectivity index (χ0v) is 21.0. The molecule has 1 amide bonds. The van der Waals surface area contributed by atoms with Gasteiger partial charge in [0.15, 0.2) is 5.96 Å². The molecule has 1 aromatic carbocycles. The highest BCUT2D eigenvalue weighted by Crippen LogP contribution is 2.27. The van der Waals surface area contributed by atoms with Crippen molar-refractivity contribution in [2.75, 3.05) is 44.7 Å². The Balaban J connectivity index is 0.00000320. The van der Waals surface area contributed by atoms with Gasteiger partial charge >= 0.3 is 0 Å². The summed E-state index contributed by atoms with van der Waals surface area (Å²) < 4.78 is 0. The van der Waals surface area contributed by atoms with Crippen LogP contribution in [0.1, 0.15) is 44.6 Å². The van der Waals surface area contributed by atoms with Gasteiger partial charge in [-0.1, -0.05) is 31.0 Å². The number of likely N-dealkylation sites (tertiary alicyclic amines) is 1. The van der Waals surface area contributed by atoms with Crippen molar-refractivity contribution in [2.45, 2.75) is 52.0 Å². The number of nitrogens with zero attached hydrogens (tertiary/aromatic N) is 3. The number of benzene rings is 1. The molecular formula is C23H38IN5O. The Hall–Kier alpha value is -1.51. The van der Waals surface area contributed by atoms with Crippen LogP contribution in [0.2, 0.25) is 0 Å². The van der Waals surface area contributed by atoms with Crippen molar-refractivity contribution in [3.63, 3.8) is 0 Å². The zero-order valence-electron chi connectivity index (χ0n) is 18.7. The van der Waals surface area contributed by atoms with Crippen LogP contribution < -0.4 is 15.5 Å². The second kappa shape index (κ2) is 12.4. The van der Waals surface area contributed by atoms with Crippen molar-refractivity contribution >= 4 is 41.5 Å². The Kier molecular flexibility index (Phi) is 10.2. The molecule has 1 aliphatic carbocycles. The maximum Gasteiger partial charge on any atom is 0.225 e. The Morgan fingerprint density at radius 1 is 1.23 bits per heavy atom. The van der Waals surface area contributed by atoms with Gasteiger partial charge < -0.3 is 20.4 Å². The van der Waals surface area contributed by atoms with E-state index in [1.54, 1.807) is 0 Å². The van der Waals surface area contributed by atoms with Crippen LogP contribution in [-0.2, 0) is 4.79 Å². The van der Waals surface area contributed by atoms with Gasteiger partial charge in [-0.25, -0.2) is 0 Å². The molecule has 0 aromatic heterocycles. The zero-order chi connectivity index (χ0) is 20.6. The summed E-state index contributed by atoms with van der Waals surface area (Å²) in [6.45, 7) is 8.71. The molecule has 0 bridgehead atoms. The van der Waals surface area contributed by atoms with E-state index in [1.807, 2.05) is 7.05 Å². The number of carbonyl (C=O) groups is 1. The minimum atomic E-state index is 0. The lowest BCUT2D eigenvalue weighted by atomic mass is 10.1. The van der Waals surface area contributed by atoms with Gasteiger partial charge in [-0.2, -0.15) is 0 Å². The molecule has 1 atom stereocenters. The fraction of sp³-hybridized carbons (Fsp3) is 0.652. The molecule has 1 unspecified atom stereocenters. The first-order valence-corrected chi connectivity index (χ1v) is 11.2. The molecule has 6 nitrogen and oxygen atoms in total. The normalized spacial score (nSPS) is 19.5. The van der Waals surface area contributed by atoms with Gasteiger partial charge in [-0.15, -0.1) is 24.0 Å². The van der Waals surface area contributed by atoms with Crippen LogP contribution in [0.3, 0.4) is 0 Å². The smallest absolute Gasteiger partial charge is 0.225 e. The van der Waals surface area contributed by atoms with Crippen LogP contribution in [0.4, 0.5) is 5.69 Å². The molecule has 1 aliphatic heterocycles. The van der Waals surface area contributed by atoms with Gasteiger partial charge in [-0.05, 0) is 44.7 Å². The number of likely N-dealkylation sites (N-methyl/N-ethyl adjacent to an activating group) is 1. The topological polar surface area (TPSA) is 60.0 Å². The van der Waals surface area contributed by atoms with Crippen molar-refractivity contribution < 1.29 is 4.79 Å². The van der Waals surface area contributed by atoms with E-state index in [2.05, 4.69) is 63.5 Å². The third kappa shape index (κ3) is 6.49. The van der Waals surface area contributed by atoms with Crippen LogP contribution >= 0.6 is 24.0 Å². The molecular weight excluding hydrogens is 489 g/mol. The van der Waals surface area contributed by atoms with E-state index in [1.165, 1.54) is 24.1 Å². The van der Waals surface area contributed by atoms with E-state index < -0.39 is 0 Å². The fourth-order valence-corrected chi connectivity index (χ4v) is 4.57. The van der Waals surface area contributed by atoms with Crippen molar-refractivity contribution in [1.82, 2.24) is 15.5 Å². The number of halogens is 1. The molecule has 0 spiro atoms. The molecule has 0 radical (unpaired) electrons. The average Bonchev–Trinajstić information content (AvgIpc) is 3.43. The quantitative estimate of drug-likeness (QED) is 0.324.